The van der Waals surface area contributed by atoms with Crippen molar-refractivity contribution < 1.29 is 9.15 Å². The van der Waals surface area contributed by atoms with Gasteiger partial charge in [0.2, 0.25) is 0 Å². The average Bonchev–Trinajstić information content (AvgIpc) is 2.55. The van der Waals surface area contributed by atoms with E-state index < -0.39 is 0 Å². The van der Waals surface area contributed by atoms with E-state index in [9.17, 15) is 4.79 Å². The lowest BCUT2D eigenvalue weighted by Gasteiger charge is -2.40. The Morgan fingerprint density at radius 3 is 2.82 bits per heavy atom. The number of rotatable bonds is 2. The van der Waals surface area contributed by atoms with Crippen LogP contribution in [0.2, 0.25) is 0 Å². The van der Waals surface area contributed by atoms with Crippen LogP contribution in [0.3, 0.4) is 0 Å². The summed E-state index contributed by atoms with van der Waals surface area (Å²) in [6.45, 7) is 1.38. The molecule has 1 fully saturated rings. The van der Waals surface area contributed by atoms with Gasteiger partial charge < -0.3 is 9.15 Å². The van der Waals surface area contributed by atoms with Gasteiger partial charge in [-0.3, -0.25) is 4.57 Å². The number of aromatic nitrogens is 1. The molecule has 0 unspecified atom stereocenters. The zero-order valence-electron chi connectivity index (χ0n) is 9.47. The second-order valence-corrected chi connectivity index (χ2v) is 4.86. The molecule has 0 atom stereocenters. The smallest absolute Gasteiger partial charge is 0.408 e. The lowest BCUT2D eigenvalue weighted by Crippen LogP contribution is -2.48. The fourth-order valence-corrected chi connectivity index (χ4v) is 2.52. The first-order valence-corrected chi connectivity index (χ1v) is 6.08. The molecule has 1 aliphatic heterocycles. The minimum Gasteiger partial charge on any atom is -0.408 e. The van der Waals surface area contributed by atoms with E-state index in [0.717, 1.165) is 16.8 Å². The van der Waals surface area contributed by atoms with Crippen LogP contribution in [-0.2, 0) is 17.2 Å². The van der Waals surface area contributed by atoms with E-state index in [1.54, 1.807) is 7.05 Å². The molecule has 2 heterocycles. The van der Waals surface area contributed by atoms with Crippen molar-refractivity contribution in [2.45, 2.75) is 5.41 Å². The van der Waals surface area contributed by atoms with Crippen LogP contribution in [-0.4, -0.2) is 23.5 Å². The monoisotopic (exact) mass is 251 g/mol. The van der Waals surface area contributed by atoms with E-state index in [0.29, 0.717) is 18.8 Å². The first-order valence-electron chi connectivity index (χ1n) is 5.45. The van der Waals surface area contributed by atoms with Gasteiger partial charge in [0.25, 0.3) is 0 Å². The molecule has 4 nitrogen and oxygen atoms in total. The zero-order valence-corrected chi connectivity index (χ0v) is 10.4. The minimum absolute atomic E-state index is 0.00931. The Hall–Kier alpha value is -1.20. The highest BCUT2D eigenvalue weighted by atomic mass is 32.1. The van der Waals surface area contributed by atoms with E-state index in [1.165, 1.54) is 4.57 Å². The fraction of sp³-hybridized carbons (Fsp3) is 0.417. The third kappa shape index (κ3) is 1.46. The quantitative estimate of drug-likeness (QED) is 0.819. The maximum absolute atomic E-state index is 11.4. The van der Waals surface area contributed by atoms with Crippen molar-refractivity contribution in [3.05, 3.63) is 34.3 Å². The van der Waals surface area contributed by atoms with Gasteiger partial charge in [-0.2, -0.15) is 12.6 Å². The van der Waals surface area contributed by atoms with Crippen LogP contribution in [0.1, 0.15) is 5.56 Å². The van der Waals surface area contributed by atoms with Crippen LogP contribution in [0.15, 0.2) is 27.4 Å². The number of hydrogen-bond donors (Lipinski definition) is 1. The molecule has 17 heavy (non-hydrogen) atoms. The first-order chi connectivity index (χ1) is 8.16. The standard InChI is InChI=1S/C12H13NO3S/c1-13-9-4-8(12(7-17)5-15-6-12)2-3-10(9)16-11(13)14/h2-4,17H,5-7H2,1H3. The summed E-state index contributed by atoms with van der Waals surface area (Å²) in [6.07, 6.45) is 0. The number of hydrogen-bond acceptors (Lipinski definition) is 4. The van der Waals surface area contributed by atoms with E-state index in [2.05, 4.69) is 12.6 Å². The van der Waals surface area contributed by atoms with Crippen LogP contribution in [0, 0.1) is 0 Å². The largest absolute Gasteiger partial charge is 0.419 e. The lowest BCUT2D eigenvalue weighted by atomic mass is 9.80. The zero-order chi connectivity index (χ0) is 12.0. The Kier molecular flexibility index (Phi) is 2.34. The highest BCUT2D eigenvalue weighted by molar-refractivity contribution is 7.80. The second-order valence-electron chi connectivity index (χ2n) is 4.54. The molecule has 0 saturated carbocycles. The molecule has 0 bridgehead atoms. The SMILES string of the molecule is Cn1c(=O)oc2ccc(C3(CS)COC3)cc21. The molecule has 0 N–H and O–H groups in total. The van der Waals surface area contributed by atoms with Crippen molar-refractivity contribution in [2.75, 3.05) is 19.0 Å². The van der Waals surface area contributed by atoms with Crippen LogP contribution in [0.25, 0.3) is 11.1 Å². The van der Waals surface area contributed by atoms with Crippen molar-refractivity contribution in [3.8, 4) is 0 Å². The molecule has 1 saturated heterocycles. The molecular formula is C12H13NO3S. The van der Waals surface area contributed by atoms with Gasteiger partial charge in [0.1, 0.15) is 0 Å². The first kappa shape index (κ1) is 10.9. The number of oxazole rings is 1. The van der Waals surface area contributed by atoms with Gasteiger partial charge in [-0.05, 0) is 17.7 Å². The predicted octanol–water partition coefficient (Wildman–Crippen LogP) is 1.33. The maximum Gasteiger partial charge on any atom is 0.419 e. The van der Waals surface area contributed by atoms with Gasteiger partial charge in [0.15, 0.2) is 5.58 Å². The van der Waals surface area contributed by atoms with Gasteiger partial charge in [0, 0.05) is 12.8 Å². The molecule has 3 rings (SSSR count). The number of nitrogens with zero attached hydrogens (tertiary/aromatic N) is 1. The van der Waals surface area contributed by atoms with Crippen molar-refractivity contribution in [3.63, 3.8) is 0 Å². The van der Waals surface area contributed by atoms with E-state index in [4.69, 9.17) is 9.15 Å². The Bertz CT molecular complexity index is 619. The predicted molar refractivity (Wildman–Crippen MR) is 67.8 cm³/mol. The summed E-state index contributed by atoms with van der Waals surface area (Å²) in [6, 6.07) is 5.83. The number of fused-ring (bicyclic) bond motifs is 1. The Balaban J connectivity index is 2.19. The van der Waals surface area contributed by atoms with Crippen LogP contribution >= 0.6 is 12.6 Å². The molecule has 0 aliphatic carbocycles. The molecule has 90 valence electrons. The maximum atomic E-state index is 11.4. The molecular weight excluding hydrogens is 238 g/mol. The molecule has 0 radical (unpaired) electrons. The number of ether oxygens (including phenoxy) is 1. The van der Waals surface area contributed by atoms with Crippen molar-refractivity contribution in [1.82, 2.24) is 4.57 Å². The molecule has 1 aromatic heterocycles. The van der Waals surface area contributed by atoms with Crippen molar-refractivity contribution >= 4 is 23.7 Å². The van der Waals surface area contributed by atoms with Gasteiger partial charge in [-0.1, -0.05) is 6.07 Å². The van der Waals surface area contributed by atoms with Crippen LogP contribution in [0.5, 0.6) is 0 Å². The molecule has 5 heteroatoms. The summed E-state index contributed by atoms with van der Waals surface area (Å²) in [4.78, 5) is 11.4. The highest BCUT2D eigenvalue weighted by Crippen LogP contribution is 2.34. The number of aryl methyl sites for hydroxylation is 1. The summed E-state index contributed by atoms with van der Waals surface area (Å²) >= 11 is 4.40. The molecule has 0 spiro atoms. The third-order valence-electron chi connectivity index (χ3n) is 3.46. The molecule has 2 aromatic rings. The van der Waals surface area contributed by atoms with Crippen LogP contribution in [0.4, 0.5) is 0 Å². The van der Waals surface area contributed by atoms with Gasteiger partial charge in [0.05, 0.1) is 24.1 Å². The summed E-state index contributed by atoms with van der Waals surface area (Å²) in [5.41, 5.74) is 2.59. The Labute approximate surface area is 104 Å². The topological polar surface area (TPSA) is 44.4 Å². The summed E-state index contributed by atoms with van der Waals surface area (Å²) < 4.78 is 11.9. The Morgan fingerprint density at radius 2 is 2.24 bits per heavy atom. The average molecular weight is 251 g/mol. The lowest BCUT2D eigenvalue weighted by molar-refractivity contribution is -0.0470. The van der Waals surface area contributed by atoms with Crippen LogP contribution < -0.4 is 5.76 Å². The normalized spacial score (nSPS) is 18.2. The third-order valence-corrected chi connectivity index (χ3v) is 4.07. The van der Waals surface area contributed by atoms with E-state index in [-0.39, 0.29) is 11.2 Å². The fourth-order valence-electron chi connectivity index (χ4n) is 2.15. The van der Waals surface area contributed by atoms with E-state index in [1.807, 2.05) is 18.2 Å². The van der Waals surface area contributed by atoms with Gasteiger partial charge in [-0.15, -0.1) is 0 Å². The minimum atomic E-state index is -0.332. The summed E-state index contributed by atoms with van der Waals surface area (Å²) in [5.74, 6) is 0.409. The van der Waals surface area contributed by atoms with Crippen molar-refractivity contribution in [2.24, 2.45) is 7.05 Å². The second kappa shape index (κ2) is 3.65. The summed E-state index contributed by atoms with van der Waals surface area (Å²) in [5, 5.41) is 0. The molecule has 0 amide bonds. The number of benzene rings is 1. The van der Waals surface area contributed by atoms with E-state index >= 15 is 0 Å². The highest BCUT2D eigenvalue weighted by Gasteiger charge is 2.39. The molecule has 1 aromatic carbocycles. The number of thiol groups is 1. The van der Waals surface area contributed by atoms with Gasteiger partial charge >= 0.3 is 5.76 Å². The Morgan fingerprint density at radius 1 is 1.47 bits per heavy atom. The van der Waals surface area contributed by atoms with Crippen molar-refractivity contribution in [1.29, 1.82) is 0 Å². The molecule has 1 aliphatic rings. The van der Waals surface area contributed by atoms with Gasteiger partial charge in [-0.25, -0.2) is 4.79 Å². The summed E-state index contributed by atoms with van der Waals surface area (Å²) in [7, 11) is 1.71.